The molecule has 1 aromatic carbocycles. The first-order valence-electron chi connectivity index (χ1n) is 10.3. The molecule has 0 spiro atoms. The van der Waals surface area contributed by atoms with Crippen LogP contribution in [0, 0.1) is 11.8 Å². The Labute approximate surface area is 169 Å². The second-order valence-corrected chi connectivity index (χ2v) is 7.79. The predicted octanol–water partition coefficient (Wildman–Crippen LogP) is 1.02. The van der Waals surface area contributed by atoms with Crippen LogP contribution in [0.3, 0.4) is 0 Å². The van der Waals surface area contributed by atoms with E-state index < -0.39 is 5.97 Å². The Bertz CT molecular complexity index is 903. The summed E-state index contributed by atoms with van der Waals surface area (Å²) >= 11 is 0. The number of aliphatic carboxylic acids is 1. The zero-order chi connectivity index (χ0) is 20.6. The van der Waals surface area contributed by atoms with Gasteiger partial charge >= 0.3 is 0 Å². The summed E-state index contributed by atoms with van der Waals surface area (Å²) < 4.78 is 1.44. The minimum absolute atomic E-state index is 0.00822. The molecule has 0 saturated heterocycles. The Balaban J connectivity index is 1.41. The van der Waals surface area contributed by atoms with Gasteiger partial charge < -0.3 is 15.2 Å². The third-order valence-corrected chi connectivity index (χ3v) is 5.63. The number of aromatic nitrogens is 3. The standard InChI is InChI=1S/C21H28N4O4/c26-19(27)8-2-1-5-13-22-20(28)16-11-9-15(10-12-16)14-25-21(29)17-6-3-4-7-18(17)23-24-25/h3-4,6-7,15-16H,1-2,5,8-14H2,(H,22,28)(H,26,27)/p-1. The summed E-state index contributed by atoms with van der Waals surface area (Å²) in [5, 5.41) is 22.1. The van der Waals surface area contributed by atoms with Crippen LogP contribution in [0.2, 0.25) is 0 Å². The fraction of sp³-hybridized carbons (Fsp3) is 0.571. The summed E-state index contributed by atoms with van der Waals surface area (Å²) in [6.07, 6.45) is 5.56. The smallest absolute Gasteiger partial charge is 0.277 e. The number of carboxylic acids is 1. The van der Waals surface area contributed by atoms with Gasteiger partial charge in [-0.1, -0.05) is 23.8 Å². The zero-order valence-corrected chi connectivity index (χ0v) is 16.5. The quantitative estimate of drug-likeness (QED) is 0.629. The van der Waals surface area contributed by atoms with E-state index in [1.807, 2.05) is 12.1 Å². The van der Waals surface area contributed by atoms with Crippen molar-refractivity contribution in [3.05, 3.63) is 34.6 Å². The van der Waals surface area contributed by atoms with E-state index in [4.69, 9.17) is 0 Å². The predicted molar refractivity (Wildman–Crippen MR) is 106 cm³/mol. The van der Waals surface area contributed by atoms with Crippen LogP contribution in [-0.2, 0) is 16.1 Å². The number of benzene rings is 1. The molecule has 0 aliphatic heterocycles. The molecule has 1 fully saturated rings. The molecule has 1 saturated carbocycles. The van der Waals surface area contributed by atoms with Gasteiger partial charge in [-0.05, 0) is 63.0 Å². The number of unbranched alkanes of at least 4 members (excludes halogenated alkanes) is 2. The summed E-state index contributed by atoms with van der Waals surface area (Å²) in [5.41, 5.74) is 0.489. The molecule has 0 atom stereocenters. The van der Waals surface area contributed by atoms with Gasteiger partial charge in [0.25, 0.3) is 5.56 Å². The maximum Gasteiger partial charge on any atom is 0.277 e. The average molecular weight is 399 g/mol. The van der Waals surface area contributed by atoms with Gasteiger partial charge in [-0.25, -0.2) is 4.68 Å². The normalized spacial score (nSPS) is 19.2. The summed E-state index contributed by atoms with van der Waals surface area (Å²) in [6, 6.07) is 7.20. The second-order valence-electron chi connectivity index (χ2n) is 7.79. The molecule has 2 aromatic rings. The summed E-state index contributed by atoms with van der Waals surface area (Å²) in [4.78, 5) is 35.2. The fourth-order valence-electron chi connectivity index (χ4n) is 3.92. The van der Waals surface area contributed by atoms with Crippen LogP contribution in [0.15, 0.2) is 29.1 Å². The van der Waals surface area contributed by atoms with Crippen LogP contribution in [0.25, 0.3) is 10.9 Å². The second kappa shape index (κ2) is 10.1. The number of nitrogens with zero attached hydrogens (tertiary/aromatic N) is 3. The lowest BCUT2D eigenvalue weighted by molar-refractivity contribution is -0.305. The van der Waals surface area contributed by atoms with Crippen molar-refractivity contribution in [1.29, 1.82) is 0 Å². The first kappa shape index (κ1) is 21.0. The number of hydrogen-bond acceptors (Lipinski definition) is 6. The number of carbonyl (C=O) groups is 2. The lowest BCUT2D eigenvalue weighted by Gasteiger charge is -2.27. The maximum atomic E-state index is 12.6. The van der Waals surface area contributed by atoms with Gasteiger partial charge in [-0.3, -0.25) is 9.59 Å². The molecule has 8 nitrogen and oxygen atoms in total. The van der Waals surface area contributed by atoms with Crippen molar-refractivity contribution in [2.45, 2.75) is 57.9 Å². The lowest BCUT2D eigenvalue weighted by atomic mass is 9.81. The molecule has 1 aromatic heterocycles. The van der Waals surface area contributed by atoms with Gasteiger partial charge in [0.2, 0.25) is 5.91 Å². The monoisotopic (exact) mass is 399 g/mol. The highest BCUT2D eigenvalue weighted by Crippen LogP contribution is 2.29. The molecule has 156 valence electrons. The highest BCUT2D eigenvalue weighted by Gasteiger charge is 2.26. The Kier molecular flexibility index (Phi) is 7.32. The van der Waals surface area contributed by atoms with E-state index in [2.05, 4.69) is 15.6 Å². The molecular weight excluding hydrogens is 372 g/mol. The first-order chi connectivity index (χ1) is 14.0. The Morgan fingerprint density at radius 3 is 2.62 bits per heavy atom. The number of nitrogens with one attached hydrogen (secondary N) is 1. The van der Waals surface area contributed by atoms with E-state index in [0.717, 1.165) is 38.5 Å². The van der Waals surface area contributed by atoms with Gasteiger partial charge in [0.05, 0.1) is 5.39 Å². The third-order valence-electron chi connectivity index (χ3n) is 5.63. The molecule has 1 aliphatic rings. The number of amides is 1. The van der Waals surface area contributed by atoms with Gasteiger partial charge in [0, 0.05) is 25.0 Å². The zero-order valence-electron chi connectivity index (χ0n) is 16.5. The van der Waals surface area contributed by atoms with Crippen molar-refractivity contribution in [2.24, 2.45) is 11.8 Å². The van der Waals surface area contributed by atoms with Crippen LogP contribution < -0.4 is 16.0 Å². The van der Waals surface area contributed by atoms with Crippen molar-refractivity contribution in [1.82, 2.24) is 20.3 Å². The molecule has 1 amide bonds. The van der Waals surface area contributed by atoms with Gasteiger partial charge in [-0.2, -0.15) is 0 Å². The highest BCUT2D eigenvalue weighted by atomic mass is 16.4. The number of fused-ring (bicyclic) bond motifs is 1. The third kappa shape index (κ3) is 5.85. The van der Waals surface area contributed by atoms with E-state index in [1.165, 1.54) is 4.68 Å². The molecule has 1 N–H and O–H groups in total. The van der Waals surface area contributed by atoms with Crippen LogP contribution in [0.1, 0.15) is 51.4 Å². The SMILES string of the molecule is O=C([O-])CCCCCNC(=O)C1CCC(Cn2nnc3ccccc3c2=O)CC1. The maximum absolute atomic E-state index is 12.6. The summed E-state index contributed by atoms with van der Waals surface area (Å²) in [5.74, 6) is -0.625. The van der Waals surface area contributed by atoms with E-state index in [9.17, 15) is 19.5 Å². The van der Waals surface area contributed by atoms with E-state index in [0.29, 0.717) is 36.3 Å². The molecule has 3 rings (SSSR count). The molecule has 1 heterocycles. The Morgan fingerprint density at radius 2 is 1.86 bits per heavy atom. The fourth-order valence-corrected chi connectivity index (χ4v) is 3.92. The van der Waals surface area contributed by atoms with Crippen molar-refractivity contribution in [3.8, 4) is 0 Å². The molecule has 8 heteroatoms. The molecule has 29 heavy (non-hydrogen) atoms. The summed E-state index contributed by atoms with van der Waals surface area (Å²) in [6.45, 7) is 1.11. The van der Waals surface area contributed by atoms with Crippen LogP contribution in [0.4, 0.5) is 0 Å². The lowest BCUT2D eigenvalue weighted by Crippen LogP contribution is -2.35. The number of hydrogen-bond donors (Lipinski definition) is 1. The molecule has 0 unspecified atom stereocenters. The van der Waals surface area contributed by atoms with Crippen molar-refractivity contribution in [2.75, 3.05) is 6.54 Å². The number of carboxylic acid groups (broad SMARTS) is 1. The van der Waals surface area contributed by atoms with Crippen LogP contribution in [0.5, 0.6) is 0 Å². The van der Waals surface area contributed by atoms with Crippen molar-refractivity contribution < 1.29 is 14.7 Å². The van der Waals surface area contributed by atoms with Gasteiger partial charge in [0.1, 0.15) is 5.52 Å². The average Bonchev–Trinajstić information content (AvgIpc) is 2.73. The first-order valence-corrected chi connectivity index (χ1v) is 10.3. The van der Waals surface area contributed by atoms with Crippen molar-refractivity contribution in [3.63, 3.8) is 0 Å². The van der Waals surface area contributed by atoms with E-state index in [-0.39, 0.29) is 23.8 Å². The minimum atomic E-state index is -1.03. The Morgan fingerprint density at radius 1 is 1.10 bits per heavy atom. The van der Waals surface area contributed by atoms with Gasteiger partial charge in [-0.15, -0.1) is 5.10 Å². The van der Waals surface area contributed by atoms with E-state index in [1.54, 1.807) is 12.1 Å². The molecule has 0 radical (unpaired) electrons. The van der Waals surface area contributed by atoms with Crippen LogP contribution >= 0.6 is 0 Å². The van der Waals surface area contributed by atoms with Crippen LogP contribution in [-0.4, -0.2) is 33.4 Å². The summed E-state index contributed by atoms with van der Waals surface area (Å²) in [7, 11) is 0. The largest absolute Gasteiger partial charge is 0.550 e. The van der Waals surface area contributed by atoms with Gasteiger partial charge in [0.15, 0.2) is 0 Å². The number of carbonyl (C=O) groups excluding carboxylic acids is 2. The Hall–Kier alpha value is -2.77. The van der Waals surface area contributed by atoms with E-state index >= 15 is 0 Å². The van der Waals surface area contributed by atoms with Crippen molar-refractivity contribution >= 4 is 22.8 Å². The molecule has 1 aliphatic carbocycles. The molecule has 0 bridgehead atoms. The number of rotatable bonds is 9. The molecular formula is C21H27N4O4-. The topological polar surface area (TPSA) is 117 Å². The minimum Gasteiger partial charge on any atom is -0.550 e. The highest BCUT2D eigenvalue weighted by molar-refractivity contribution is 5.78.